The van der Waals surface area contributed by atoms with Gasteiger partial charge in [-0.15, -0.1) is 0 Å². The molecular formula is C15H20N4O. The molecule has 20 heavy (non-hydrogen) atoms. The molecule has 1 saturated carbocycles. The molecular weight excluding hydrogens is 252 g/mol. The van der Waals surface area contributed by atoms with E-state index in [0.29, 0.717) is 11.7 Å². The van der Waals surface area contributed by atoms with Crippen LogP contribution in [0, 0.1) is 13.8 Å². The number of nitrogens with one attached hydrogen (secondary N) is 1. The second kappa shape index (κ2) is 5.23. The summed E-state index contributed by atoms with van der Waals surface area (Å²) in [6.07, 6.45) is 5.86. The molecule has 0 radical (unpaired) electrons. The Labute approximate surface area is 118 Å². The van der Waals surface area contributed by atoms with Crippen LogP contribution in [0.25, 0.3) is 5.65 Å². The number of fused-ring (bicyclic) bond motifs is 1. The van der Waals surface area contributed by atoms with E-state index in [0.717, 1.165) is 29.9 Å². The lowest BCUT2D eigenvalue weighted by Gasteiger charge is -2.22. The zero-order valence-corrected chi connectivity index (χ0v) is 12.0. The molecule has 0 aromatic carbocycles. The van der Waals surface area contributed by atoms with Gasteiger partial charge in [0.05, 0.1) is 5.69 Å². The largest absolute Gasteiger partial charge is 0.348 e. The third-order valence-electron chi connectivity index (χ3n) is 3.90. The van der Waals surface area contributed by atoms with E-state index in [1.807, 2.05) is 19.9 Å². The van der Waals surface area contributed by atoms with Crippen molar-refractivity contribution in [3.05, 3.63) is 29.2 Å². The van der Waals surface area contributed by atoms with Crippen LogP contribution in [0.4, 0.5) is 0 Å². The van der Waals surface area contributed by atoms with Gasteiger partial charge in [-0.3, -0.25) is 4.79 Å². The van der Waals surface area contributed by atoms with E-state index in [9.17, 15) is 4.79 Å². The summed E-state index contributed by atoms with van der Waals surface area (Å²) in [7, 11) is 0. The molecule has 0 aliphatic heterocycles. The Bertz CT molecular complexity index is 641. The van der Waals surface area contributed by atoms with Gasteiger partial charge < -0.3 is 5.32 Å². The number of carbonyl (C=O) groups is 1. The van der Waals surface area contributed by atoms with E-state index < -0.39 is 0 Å². The predicted molar refractivity (Wildman–Crippen MR) is 76.8 cm³/mol. The highest BCUT2D eigenvalue weighted by Gasteiger charge is 2.18. The van der Waals surface area contributed by atoms with E-state index in [1.54, 1.807) is 10.6 Å². The zero-order chi connectivity index (χ0) is 14.1. The summed E-state index contributed by atoms with van der Waals surface area (Å²) in [4.78, 5) is 16.7. The molecule has 1 aliphatic rings. The van der Waals surface area contributed by atoms with Crippen molar-refractivity contribution >= 4 is 11.6 Å². The van der Waals surface area contributed by atoms with Crippen molar-refractivity contribution in [1.29, 1.82) is 0 Å². The summed E-state index contributed by atoms with van der Waals surface area (Å²) in [6.45, 7) is 3.87. The topological polar surface area (TPSA) is 59.3 Å². The fraction of sp³-hybridized carbons (Fsp3) is 0.533. The zero-order valence-electron chi connectivity index (χ0n) is 12.0. The number of hydrogen-bond donors (Lipinski definition) is 1. The highest BCUT2D eigenvalue weighted by Crippen LogP contribution is 2.18. The second-order valence-corrected chi connectivity index (χ2v) is 5.65. The van der Waals surface area contributed by atoms with E-state index in [-0.39, 0.29) is 5.91 Å². The first-order valence-corrected chi connectivity index (χ1v) is 7.28. The fourth-order valence-electron chi connectivity index (χ4n) is 2.86. The maximum absolute atomic E-state index is 12.3. The van der Waals surface area contributed by atoms with Gasteiger partial charge in [0, 0.05) is 17.8 Å². The summed E-state index contributed by atoms with van der Waals surface area (Å²) in [5.41, 5.74) is 3.05. The summed E-state index contributed by atoms with van der Waals surface area (Å²) in [5, 5.41) is 7.45. The Morgan fingerprint density at radius 1 is 1.25 bits per heavy atom. The predicted octanol–water partition coefficient (Wildman–Crippen LogP) is 2.41. The van der Waals surface area contributed by atoms with Crippen LogP contribution in [0.3, 0.4) is 0 Å². The summed E-state index contributed by atoms with van der Waals surface area (Å²) in [5.74, 6) is -0.0682. The van der Waals surface area contributed by atoms with Gasteiger partial charge in [-0.1, -0.05) is 19.3 Å². The second-order valence-electron chi connectivity index (χ2n) is 5.65. The molecule has 0 unspecified atom stereocenters. The lowest BCUT2D eigenvalue weighted by atomic mass is 9.95. The van der Waals surface area contributed by atoms with Crippen molar-refractivity contribution in [1.82, 2.24) is 19.9 Å². The van der Waals surface area contributed by atoms with E-state index in [1.165, 1.54) is 19.3 Å². The quantitative estimate of drug-likeness (QED) is 0.913. The van der Waals surface area contributed by atoms with Gasteiger partial charge in [-0.05, 0) is 32.8 Å². The van der Waals surface area contributed by atoms with Crippen molar-refractivity contribution in [3.63, 3.8) is 0 Å². The van der Waals surface area contributed by atoms with Crippen LogP contribution in [0.2, 0.25) is 0 Å². The summed E-state index contributed by atoms with van der Waals surface area (Å²) < 4.78 is 1.77. The van der Waals surface area contributed by atoms with Crippen molar-refractivity contribution < 1.29 is 4.79 Å². The number of aryl methyl sites for hydroxylation is 2. The molecule has 5 heteroatoms. The molecule has 2 heterocycles. The maximum Gasteiger partial charge on any atom is 0.270 e. The lowest BCUT2D eigenvalue weighted by molar-refractivity contribution is 0.0922. The van der Waals surface area contributed by atoms with Crippen LogP contribution in [0.5, 0.6) is 0 Å². The molecule has 0 saturated heterocycles. The Morgan fingerprint density at radius 3 is 2.75 bits per heavy atom. The average Bonchev–Trinajstić information content (AvgIpc) is 2.81. The third-order valence-corrected chi connectivity index (χ3v) is 3.90. The third kappa shape index (κ3) is 2.53. The molecule has 0 atom stereocenters. The van der Waals surface area contributed by atoms with Crippen molar-refractivity contribution in [2.24, 2.45) is 0 Å². The first kappa shape index (κ1) is 13.1. The number of hydrogen-bond acceptors (Lipinski definition) is 3. The van der Waals surface area contributed by atoms with Crippen LogP contribution in [0.1, 0.15) is 54.0 Å². The number of amides is 1. The molecule has 2 aromatic rings. The van der Waals surface area contributed by atoms with Crippen LogP contribution < -0.4 is 5.32 Å². The highest BCUT2D eigenvalue weighted by atomic mass is 16.1. The smallest absolute Gasteiger partial charge is 0.270 e. The summed E-state index contributed by atoms with van der Waals surface area (Å²) >= 11 is 0. The van der Waals surface area contributed by atoms with Crippen LogP contribution >= 0.6 is 0 Å². The monoisotopic (exact) mass is 272 g/mol. The lowest BCUT2D eigenvalue weighted by Crippen LogP contribution is -2.36. The standard InChI is InChI=1S/C15H20N4O/c1-10-8-14-17-13(9-11(2)19(14)18-10)15(20)16-12-6-4-3-5-7-12/h8-9,12H,3-7H2,1-2H3,(H,16,20). The van der Waals surface area contributed by atoms with Gasteiger partial charge in [0.15, 0.2) is 5.65 Å². The summed E-state index contributed by atoms with van der Waals surface area (Å²) in [6, 6.07) is 4.00. The molecule has 1 N–H and O–H groups in total. The van der Waals surface area contributed by atoms with E-state index >= 15 is 0 Å². The molecule has 1 amide bonds. The van der Waals surface area contributed by atoms with Crippen LogP contribution in [-0.4, -0.2) is 26.5 Å². The van der Waals surface area contributed by atoms with E-state index in [2.05, 4.69) is 15.4 Å². The minimum absolute atomic E-state index is 0.0682. The van der Waals surface area contributed by atoms with Crippen molar-refractivity contribution in [3.8, 4) is 0 Å². The Hall–Kier alpha value is -1.91. The molecule has 1 fully saturated rings. The van der Waals surface area contributed by atoms with Gasteiger partial charge in [0.25, 0.3) is 5.91 Å². The van der Waals surface area contributed by atoms with Crippen molar-refractivity contribution in [2.45, 2.75) is 52.0 Å². The maximum atomic E-state index is 12.3. The highest BCUT2D eigenvalue weighted by molar-refractivity contribution is 5.93. The molecule has 5 nitrogen and oxygen atoms in total. The minimum atomic E-state index is -0.0682. The number of carbonyl (C=O) groups excluding carboxylic acids is 1. The first-order chi connectivity index (χ1) is 9.63. The van der Waals surface area contributed by atoms with Gasteiger partial charge in [-0.2, -0.15) is 5.10 Å². The SMILES string of the molecule is Cc1cc2nc(C(=O)NC3CCCCC3)cc(C)n2n1. The Balaban J connectivity index is 1.83. The average molecular weight is 272 g/mol. The molecule has 3 rings (SSSR count). The molecule has 0 spiro atoms. The van der Waals surface area contributed by atoms with Crippen molar-refractivity contribution in [2.75, 3.05) is 0 Å². The number of aromatic nitrogens is 3. The Kier molecular flexibility index (Phi) is 3.42. The van der Waals surface area contributed by atoms with Gasteiger partial charge in [-0.25, -0.2) is 9.50 Å². The van der Waals surface area contributed by atoms with E-state index in [4.69, 9.17) is 0 Å². The first-order valence-electron chi connectivity index (χ1n) is 7.28. The van der Waals surface area contributed by atoms with Crippen LogP contribution in [0.15, 0.2) is 12.1 Å². The number of rotatable bonds is 2. The number of nitrogens with zero attached hydrogens (tertiary/aromatic N) is 3. The van der Waals surface area contributed by atoms with Crippen LogP contribution in [-0.2, 0) is 0 Å². The molecule has 106 valence electrons. The molecule has 0 bridgehead atoms. The van der Waals surface area contributed by atoms with Gasteiger partial charge in [0.2, 0.25) is 0 Å². The molecule has 2 aromatic heterocycles. The molecule has 1 aliphatic carbocycles. The fourth-order valence-corrected chi connectivity index (χ4v) is 2.86. The van der Waals surface area contributed by atoms with Gasteiger partial charge >= 0.3 is 0 Å². The minimum Gasteiger partial charge on any atom is -0.348 e. The van der Waals surface area contributed by atoms with Gasteiger partial charge in [0.1, 0.15) is 5.69 Å². The normalized spacial score (nSPS) is 16.5. The Morgan fingerprint density at radius 2 is 2.00 bits per heavy atom.